The van der Waals surface area contributed by atoms with Crippen molar-refractivity contribution in [2.45, 2.75) is 51.2 Å². The van der Waals surface area contributed by atoms with Crippen LogP contribution in [0.4, 0.5) is 5.69 Å². The largest absolute Gasteiger partial charge is 0.490 e. The number of nitrogens with two attached hydrogens (primary N) is 1. The highest BCUT2D eigenvalue weighted by molar-refractivity contribution is 5.43. The molecule has 5 nitrogen and oxygen atoms in total. The van der Waals surface area contributed by atoms with Crippen molar-refractivity contribution < 1.29 is 9.66 Å². The topological polar surface area (TPSA) is 78.4 Å². The van der Waals surface area contributed by atoms with Gasteiger partial charge in [-0.15, -0.1) is 0 Å². The molecule has 2 N–H and O–H groups in total. The Bertz CT molecular complexity index is 440. The van der Waals surface area contributed by atoms with E-state index in [1.807, 2.05) is 0 Å². The number of hydrogen-bond donors (Lipinski definition) is 1. The summed E-state index contributed by atoms with van der Waals surface area (Å²) in [7, 11) is 0. The lowest BCUT2D eigenvalue weighted by molar-refractivity contribution is -0.384. The van der Waals surface area contributed by atoms with E-state index in [0.29, 0.717) is 11.3 Å². The Labute approximate surface area is 112 Å². The first kappa shape index (κ1) is 13.8. The second-order valence-electron chi connectivity index (χ2n) is 4.98. The maximum atomic E-state index is 10.7. The standard InChI is InChI=1S/C14H20N2O3/c15-10-11-9-12(16(17)18)7-8-14(11)19-13-5-3-1-2-4-6-13/h7-9,13H,1-6,10,15H2. The van der Waals surface area contributed by atoms with E-state index in [9.17, 15) is 10.1 Å². The summed E-state index contributed by atoms with van der Waals surface area (Å²) in [5, 5.41) is 10.7. The highest BCUT2D eigenvalue weighted by atomic mass is 16.6. The summed E-state index contributed by atoms with van der Waals surface area (Å²) in [5.74, 6) is 0.694. The summed E-state index contributed by atoms with van der Waals surface area (Å²) in [5.41, 5.74) is 6.42. The van der Waals surface area contributed by atoms with Gasteiger partial charge in [-0.2, -0.15) is 0 Å². The van der Waals surface area contributed by atoms with Gasteiger partial charge in [0.05, 0.1) is 11.0 Å². The third kappa shape index (κ3) is 3.67. The number of nitro groups is 1. The van der Waals surface area contributed by atoms with Gasteiger partial charge in [0.15, 0.2) is 0 Å². The van der Waals surface area contributed by atoms with Gasteiger partial charge >= 0.3 is 0 Å². The lowest BCUT2D eigenvalue weighted by atomic mass is 10.1. The Hall–Kier alpha value is -1.62. The van der Waals surface area contributed by atoms with Crippen LogP contribution in [-0.4, -0.2) is 11.0 Å². The van der Waals surface area contributed by atoms with Gasteiger partial charge in [-0.3, -0.25) is 10.1 Å². The molecular weight excluding hydrogens is 244 g/mol. The van der Waals surface area contributed by atoms with Crippen molar-refractivity contribution >= 4 is 5.69 Å². The minimum atomic E-state index is -0.408. The molecule has 104 valence electrons. The minimum Gasteiger partial charge on any atom is -0.490 e. The summed E-state index contributed by atoms with van der Waals surface area (Å²) in [4.78, 5) is 10.3. The Kier molecular flexibility index (Phi) is 4.74. The molecule has 1 aliphatic carbocycles. The number of benzene rings is 1. The number of nitrogens with zero attached hydrogens (tertiary/aromatic N) is 1. The van der Waals surface area contributed by atoms with E-state index in [1.54, 1.807) is 6.07 Å². The molecule has 19 heavy (non-hydrogen) atoms. The number of hydrogen-bond acceptors (Lipinski definition) is 4. The molecule has 0 saturated heterocycles. The van der Waals surface area contributed by atoms with Gasteiger partial charge in [-0.05, 0) is 31.7 Å². The molecule has 1 aromatic carbocycles. The third-order valence-electron chi connectivity index (χ3n) is 3.57. The van der Waals surface area contributed by atoms with Crippen molar-refractivity contribution in [1.82, 2.24) is 0 Å². The van der Waals surface area contributed by atoms with Crippen molar-refractivity contribution in [3.8, 4) is 5.75 Å². The van der Waals surface area contributed by atoms with Crippen LogP contribution in [0.1, 0.15) is 44.1 Å². The van der Waals surface area contributed by atoms with Crippen LogP contribution in [0.3, 0.4) is 0 Å². The van der Waals surface area contributed by atoms with E-state index in [-0.39, 0.29) is 18.3 Å². The average molecular weight is 264 g/mol. The molecular formula is C14H20N2O3. The van der Waals surface area contributed by atoms with Crippen LogP contribution in [0.2, 0.25) is 0 Å². The SMILES string of the molecule is NCc1cc([N+](=O)[O-])ccc1OC1CCCCCC1. The van der Waals surface area contributed by atoms with Crippen LogP contribution in [0.5, 0.6) is 5.75 Å². The molecule has 1 aliphatic rings. The number of ether oxygens (including phenoxy) is 1. The first-order valence-corrected chi connectivity index (χ1v) is 6.84. The van der Waals surface area contributed by atoms with Gasteiger partial charge < -0.3 is 10.5 Å². The first-order valence-electron chi connectivity index (χ1n) is 6.84. The quantitative estimate of drug-likeness (QED) is 0.514. The Morgan fingerprint density at radius 3 is 2.53 bits per heavy atom. The lowest BCUT2D eigenvalue weighted by Gasteiger charge is -2.19. The van der Waals surface area contributed by atoms with Gasteiger partial charge in [-0.25, -0.2) is 0 Å². The van der Waals surface area contributed by atoms with E-state index in [1.165, 1.54) is 37.8 Å². The molecule has 1 aromatic rings. The van der Waals surface area contributed by atoms with E-state index in [0.717, 1.165) is 12.8 Å². The second kappa shape index (κ2) is 6.52. The fourth-order valence-electron chi connectivity index (χ4n) is 2.49. The molecule has 5 heteroatoms. The molecule has 0 aliphatic heterocycles. The molecule has 0 bridgehead atoms. The number of rotatable bonds is 4. The normalized spacial score (nSPS) is 16.9. The lowest BCUT2D eigenvalue weighted by Crippen LogP contribution is -2.16. The fraction of sp³-hybridized carbons (Fsp3) is 0.571. The Morgan fingerprint density at radius 2 is 1.95 bits per heavy atom. The van der Waals surface area contributed by atoms with Gasteiger partial charge in [0, 0.05) is 24.2 Å². The van der Waals surface area contributed by atoms with Gasteiger partial charge in [0.2, 0.25) is 0 Å². The zero-order chi connectivity index (χ0) is 13.7. The molecule has 1 fully saturated rings. The average Bonchev–Trinajstić information content (AvgIpc) is 2.67. The number of nitro benzene ring substituents is 1. The summed E-state index contributed by atoms with van der Waals surface area (Å²) < 4.78 is 5.99. The van der Waals surface area contributed by atoms with Crippen LogP contribution >= 0.6 is 0 Å². The zero-order valence-electron chi connectivity index (χ0n) is 11.0. The summed E-state index contributed by atoms with van der Waals surface area (Å²) >= 11 is 0. The molecule has 0 unspecified atom stereocenters. The van der Waals surface area contributed by atoms with Crippen LogP contribution in [-0.2, 0) is 6.54 Å². The van der Waals surface area contributed by atoms with E-state index < -0.39 is 4.92 Å². The summed E-state index contributed by atoms with van der Waals surface area (Å²) in [6.07, 6.45) is 7.25. The predicted molar refractivity (Wildman–Crippen MR) is 73.1 cm³/mol. The predicted octanol–water partition coefficient (Wildman–Crippen LogP) is 3.16. The van der Waals surface area contributed by atoms with Crippen LogP contribution in [0, 0.1) is 10.1 Å². The monoisotopic (exact) mass is 264 g/mol. The first-order chi connectivity index (χ1) is 9.20. The van der Waals surface area contributed by atoms with Crippen molar-refractivity contribution in [3.63, 3.8) is 0 Å². The van der Waals surface area contributed by atoms with Gasteiger partial charge in [0.1, 0.15) is 5.75 Å². The molecule has 0 atom stereocenters. The Morgan fingerprint density at radius 1 is 1.26 bits per heavy atom. The van der Waals surface area contributed by atoms with E-state index in [4.69, 9.17) is 10.5 Å². The molecule has 2 rings (SSSR count). The minimum absolute atomic E-state index is 0.0636. The highest BCUT2D eigenvalue weighted by Gasteiger charge is 2.17. The van der Waals surface area contributed by atoms with E-state index in [2.05, 4.69) is 0 Å². The van der Waals surface area contributed by atoms with Crippen LogP contribution < -0.4 is 10.5 Å². The molecule has 0 aromatic heterocycles. The third-order valence-corrected chi connectivity index (χ3v) is 3.57. The number of non-ortho nitro benzene ring substituents is 1. The zero-order valence-corrected chi connectivity index (χ0v) is 11.0. The molecule has 1 saturated carbocycles. The van der Waals surface area contributed by atoms with Gasteiger partial charge in [0.25, 0.3) is 5.69 Å². The molecule has 0 heterocycles. The summed E-state index contributed by atoms with van der Waals surface area (Å²) in [6, 6.07) is 4.66. The summed E-state index contributed by atoms with van der Waals surface area (Å²) in [6.45, 7) is 0.254. The van der Waals surface area contributed by atoms with Crippen molar-refractivity contribution in [1.29, 1.82) is 0 Å². The molecule has 0 radical (unpaired) electrons. The van der Waals surface area contributed by atoms with E-state index >= 15 is 0 Å². The van der Waals surface area contributed by atoms with Crippen molar-refractivity contribution in [2.75, 3.05) is 0 Å². The molecule has 0 spiro atoms. The second-order valence-corrected chi connectivity index (χ2v) is 4.98. The van der Waals surface area contributed by atoms with Crippen molar-refractivity contribution in [2.24, 2.45) is 5.73 Å². The maximum absolute atomic E-state index is 10.7. The molecule has 0 amide bonds. The highest BCUT2D eigenvalue weighted by Crippen LogP contribution is 2.28. The van der Waals surface area contributed by atoms with Crippen LogP contribution in [0.15, 0.2) is 18.2 Å². The smallest absolute Gasteiger partial charge is 0.270 e. The van der Waals surface area contributed by atoms with Gasteiger partial charge in [-0.1, -0.05) is 12.8 Å². The Balaban J connectivity index is 2.12. The fourth-order valence-corrected chi connectivity index (χ4v) is 2.49. The van der Waals surface area contributed by atoms with Crippen LogP contribution in [0.25, 0.3) is 0 Å². The van der Waals surface area contributed by atoms with Crippen molar-refractivity contribution in [3.05, 3.63) is 33.9 Å². The maximum Gasteiger partial charge on any atom is 0.270 e.